The number of fused-ring (bicyclic) bond motifs is 1. The molecule has 0 fully saturated rings. The molecule has 142 valence electrons. The smallest absolute Gasteiger partial charge is 0.259 e. The first-order valence-electron chi connectivity index (χ1n) is 9.09. The summed E-state index contributed by atoms with van der Waals surface area (Å²) in [5, 5.41) is 0. The van der Waals surface area contributed by atoms with E-state index in [-0.39, 0.29) is 5.91 Å². The van der Waals surface area contributed by atoms with E-state index in [1.165, 1.54) is 0 Å². The van der Waals surface area contributed by atoms with Crippen molar-refractivity contribution < 1.29 is 14.3 Å². The molecule has 0 saturated heterocycles. The molecule has 0 atom stereocenters. The Bertz CT molecular complexity index is 889. The van der Waals surface area contributed by atoms with Gasteiger partial charge in [0.05, 0.1) is 19.4 Å². The highest BCUT2D eigenvalue weighted by atomic mass is 79.9. The molecule has 1 aliphatic heterocycles. The molecule has 0 aromatic heterocycles. The number of hydrogen-bond donors (Lipinski definition) is 0. The lowest BCUT2D eigenvalue weighted by Crippen LogP contribution is -2.30. The first-order valence-corrected chi connectivity index (χ1v) is 9.88. The van der Waals surface area contributed by atoms with Crippen molar-refractivity contribution in [1.82, 2.24) is 0 Å². The summed E-state index contributed by atoms with van der Waals surface area (Å²) >= 11 is 3.60. The molecular weight excluding hydrogens is 406 g/mol. The molecule has 1 heterocycles. The molecule has 5 heteroatoms. The molecule has 0 unspecified atom stereocenters. The lowest BCUT2D eigenvalue weighted by atomic mass is 10.0. The number of anilines is 1. The second kappa shape index (κ2) is 8.17. The van der Waals surface area contributed by atoms with Crippen molar-refractivity contribution >= 4 is 39.2 Å². The van der Waals surface area contributed by atoms with Gasteiger partial charge in [-0.15, -0.1) is 0 Å². The molecule has 0 aliphatic carbocycles. The van der Waals surface area contributed by atoms with Crippen LogP contribution < -0.4 is 14.4 Å². The zero-order valence-corrected chi connectivity index (χ0v) is 17.7. The normalized spacial score (nSPS) is 14.8. The highest BCUT2D eigenvalue weighted by molar-refractivity contribution is 9.10. The maximum Gasteiger partial charge on any atom is 0.259 e. The lowest BCUT2D eigenvalue weighted by Gasteiger charge is -2.19. The topological polar surface area (TPSA) is 38.8 Å². The van der Waals surface area contributed by atoms with Crippen molar-refractivity contribution in [2.24, 2.45) is 5.92 Å². The monoisotopic (exact) mass is 429 g/mol. The molecule has 4 nitrogen and oxygen atoms in total. The largest absolute Gasteiger partial charge is 0.493 e. The van der Waals surface area contributed by atoms with E-state index in [1.54, 1.807) is 7.11 Å². The molecule has 1 amide bonds. The quantitative estimate of drug-likeness (QED) is 0.576. The summed E-state index contributed by atoms with van der Waals surface area (Å²) in [7, 11) is 1.61. The minimum absolute atomic E-state index is 0.0321. The van der Waals surface area contributed by atoms with E-state index in [0.717, 1.165) is 21.3 Å². The van der Waals surface area contributed by atoms with Crippen molar-refractivity contribution in [3.63, 3.8) is 0 Å². The van der Waals surface area contributed by atoms with Crippen LogP contribution in [-0.2, 0) is 4.79 Å². The molecule has 0 saturated carbocycles. The minimum atomic E-state index is 0.0321. The summed E-state index contributed by atoms with van der Waals surface area (Å²) in [4.78, 5) is 15.0. The van der Waals surface area contributed by atoms with E-state index in [0.29, 0.717) is 36.1 Å². The third-order valence-electron chi connectivity index (χ3n) is 4.39. The molecule has 1 aliphatic rings. The maximum atomic E-state index is 13.1. The standard InChI is InChI=1S/C22H24BrNO3/c1-5-27-21-12-18(23)15(11-20(21)26-4)10-17-16-8-6-7-9-19(16)24(22(17)25)13-14(2)3/h6-12,14H,5,13H2,1-4H3/b17-10-. The second-order valence-electron chi connectivity index (χ2n) is 6.84. The van der Waals surface area contributed by atoms with Crippen molar-refractivity contribution in [3.05, 3.63) is 52.0 Å². The Kier molecular flexibility index (Phi) is 5.90. The number of para-hydroxylation sites is 1. The highest BCUT2D eigenvalue weighted by Crippen LogP contribution is 2.40. The number of carbonyl (C=O) groups is 1. The van der Waals surface area contributed by atoms with E-state index in [4.69, 9.17) is 9.47 Å². The van der Waals surface area contributed by atoms with Crippen LogP contribution in [0.4, 0.5) is 5.69 Å². The van der Waals surface area contributed by atoms with E-state index >= 15 is 0 Å². The Morgan fingerprint density at radius 2 is 1.93 bits per heavy atom. The third-order valence-corrected chi connectivity index (χ3v) is 5.08. The van der Waals surface area contributed by atoms with Gasteiger partial charge >= 0.3 is 0 Å². The molecule has 0 radical (unpaired) electrons. The Hall–Kier alpha value is -2.27. The Morgan fingerprint density at radius 3 is 2.59 bits per heavy atom. The fraction of sp³-hybridized carbons (Fsp3) is 0.318. The van der Waals surface area contributed by atoms with Crippen LogP contribution in [0.1, 0.15) is 31.9 Å². The van der Waals surface area contributed by atoms with E-state index in [9.17, 15) is 4.79 Å². The van der Waals surface area contributed by atoms with Crippen molar-refractivity contribution in [1.29, 1.82) is 0 Å². The molecule has 27 heavy (non-hydrogen) atoms. The van der Waals surface area contributed by atoms with E-state index in [1.807, 2.05) is 54.3 Å². The van der Waals surface area contributed by atoms with Gasteiger partial charge in [-0.05, 0) is 42.7 Å². The number of amides is 1. The molecular formula is C22H24BrNO3. The predicted molar refractivity (Wildman–Crippen MR) is 113 cm³/mol. The first-order chi connectivity index (χ1) is 13.0. The van der Waals surface area contributed by atoms with Crippen LogP contribution in [-0.4, -0.2) is 26.2 Å². The fourth-order valence-electron chi connectivity index (χ4n) is 3.24. The Balaban J connectivity index is 2.08. The summed E-state index contributed by atoms with van der Waals surface area (Å²) in [5.41, 5.74) is 3.50. The predicted octanol–water partition coefficient (Wildman–Crippen LogP) is 5.40. The summed E-state index contributed by atoms with van der Waals surface area (Å²) in [5.74, 6) is 1.74. The third kappa shape index (κ3) is 3.88. The number of rotatable bonds is 6. The number of methoxy groups -OCH3 is 1. The van der Waals surface area contributed by atoms with Crippen LogP contribution in [0.15, 0.2) is 40.9 Å². The van der Waals surface area contributed by atoms with Crippen LogP contribution >= 0.6 is 15.9 Å². The van der Waals surface area contributed by atoms with Gasteiger partial charge in [-0.25, -0.2) is 0 Å². The van der Waals surface area contributed by atoms with Crippen LogP contribution in [0, 0.1) is 5.92 Å². The molecule has 0 bridgehead atoms. The van der Waals surface area contributed by atoms with Crippen molar-refractivity contribution in [3.8, 4) is 11.5 Å². The van der Waals surface area contributed by atoms with Gasteiger partial charge in [-0.3, -0.25) is 4.79 Å². The van der Waals surface area contributed by atoms with Crippen LogP contribution in [0.2, 0.25) is 0 Å². The van der Waals surface area contributed by atoms with Crippen LogP contribution in [0.25, 0.3) is 11.6 Å². The number of hydrogen-bond acceptors (Lipinski definition) is 3. The van der Waals surface area contributed by atoms with Crippen molar-refractivity contribution in [2.45, 2.75) is 20.8 Å². The molecule has 2 aromatic carbocycles. The van der Waals surface area contributed by atoms with Gasteiger partial charge in [0.1, 0.15) is 0 Å². The Morgan fingerprint density at radius 1 is 1.19 bits per heavy atom. The maximum absolute atomic E-state index is 13.1. The zero-order chi connectivity index (χ0) is 19.6. The average Bonchev–Trinajstić information content (AvgIpc) is 2.89. The van der Waals surface area contributed by atoms with Gasteiger partial charge in [0.2, 0.25) is 0 Å². The van der Waals surface area contributed by atoms with Gasteiger partial charge in [-0.1, -0.05) is 48.0 Å². The lowest BCUT2D eigenvalue weighted by molar-refractivity contribution is -0.113. The first kappa shape index (κ1) is 19.5. The molecule has 2 aromatic rings. The number of carbonyl (C=O) groups excluding carboxylic acids is 1. The summed E-state index contributed by atoms with van der Waals surface area (Å²) in [6, 6.07) is 11.7. The Labute approximate surface area is 168 Å². The second-order valence-corrected chi connectivity index (χ2v) is 7.70. The minimum Gasteiger partial charge on any atom is -0.493 e. The number of benzene rings is 2. The number of nitrogens with zero attached hydrogens (tertiary/aromatic N) is 1. The van der Waals surface area contributed by atoms with Gasteiger partial charge in [0.15, 0.2) is 11.5 Å². The van der Waals surface area contributed by atoms with E-state index < -0.39 is 0 Å². The van der Waals surface area contributed by atoms with E-state index in [2.05, 4.69) is 29.8 Å². The summed E-state index contributed by atoms with van der Waals surface area (Å²) < 4.78 is 11.9. The number of ether oxygens (including phenoxy) is 2. The van der Waals surface area contributed by atoms with Gasteiger partial charge < -0.3 is 14.4 Å². The molecule has 3 rings (SSSR count). The average molecular weight is 430 g/mol. The molecule has 0 spiro atoms. The van der Waals surface area contributed by atoms with Crippen molar-refractivity contribution in [2.75, 3.05) is 25.2 Å². The summed E-state index contributed by atoms with van der Waals surface area (Å²) in [6.07, 6.45) is 1.92. The van der Waals surface area contributed by atoms with Gasteiger partial charge in [0, 0.05) is 22.2 Å². The SMILES string of the molecule is CCOc1cc(Br)c(/C=C2\C(=O)N(CC(C)C)c3ccccc32)cc1OC. The van der Waals surface area contributed by atoms with Gasteiger partial charge in [-0.2, -0.15) is 0 Å². The molecule has 0 N–H and O–H groups in total. The van der Waals surface area contributed by atoms with Crippen LogP contribution in [0.5, 0.6) is 11.5 Å². The van der Waals surface area contributed by atoms with Gasteiger partial charge in [0.25, 0.3) is 5.91 Å². The van der Waals surface area contributed by atoms with Crippen LogP contribution in [0.3, 0.4) is 0 Å². The number of halogens is 1. The highest BCUT2D eigenvalue weighted by Gasteiger charge is 2.32. The summed E-state index contributed by atoms with van der Waals surface area (Å²) in [6.45, 7) is 7.41. The fourth-order valence-corrected chi connectivity index (χ4v) is 3.67. The zero-order valence-electron chi connectivity index (χ0n) is 16.1.